The number of terminal acetylenes is 1. The Hall–Kier alpha value is -1.00. The SMILES string of the molecule is C#C/C=C\c1ccsc1. The van der Waals surface area contributed by atoms with Crippen molar-refractivity contribution in [1.29, 1.82) is 0 Å². The second-order valence-electron chi connectivity index (χ2n) is 1.56. The highest BCUT2D eigenvalue weighted by atomic mass is 32.1. The summed E-state index contributed by atoms with van der Waals surface area (Å²) >= 11 is 1.67. The highest BCUT2D eigenvalue weighted by molar-refractivity contribution is 7.08. The quantitative estimate of drug-likeness (QED) is 0.517. The molecule has 1 heteroatoms. The molecule has 0 nitrogen and oxygen atoms in total. The minimum absolute atomic E-state index is 1.18. The normalized spacial score (nSPS) is 9.67. The summed E-state index contributed by atoms with van der Waals surface area (Å²) in [4.78, 5) is 0. The van der Waals surface area contributed by atoms with E-state index < -0.39 is 0 Å². The average Bonchev–Trinajstić information content (AvgIpc) is 2.34. The zero-order valence-electron chi connectivity index (χ0n) is 4.87. The van der Waals surface area contributed by atoms with Gasteiger partial charge in [0.2, 0.25) is 0 Å². The molecule has 0 amide bonds. The first-order chi connectivity index (χ1) is 4.43. The van der Waals surface area contributed by atoms with Gasteiger partial charge in [0.15, 0.2) is 0 Å². The Kier molecular flexibility index (Phi) is 2.12. The van der Waals surface area contributed by atoms with Crippen LogP contribution in [0.25, 0.3) is 6.08 Å². The molecule has 0 saturated carbocycles. The van der Waals surface area contributed by atoms with E-state index in [0.29, 0.717) is 0 Å². The van der Waals surface area contributed by atoms with Crippen LogP contribution in [0.15, 0.2) is 22.9 Å². The summed E-state index contributed by atoms with van der Waals surface area (Å²) in [7, 11) is 0. The lowest BCUT2D eigenvalue weighted by Crippen LogP contribution is -1.55. The minimum atomic E-state index is 1.18. The zero-order chi connectivity index (χ0) is 6.53. The molecule has 0 radical (unpaired) electrons. The van der Waals surface area contributed by atoms with Crippen LogP contribution in [-0.4, -0.2) is 0 Å². The Bertz CT molecular complexity index is 224. The monoisotopic (exact) mass is 134 g/mol. The van der Waals surface area contributed by atoms with E-state index in [1.807, 2.05) is 22.9 Å². The first-order valence-corrected chi connectivity index (χ1v) is 3.52. The highest BCUT2D eigenvalue weighted by Gasteiger charge is 1.80. The van der Waals surface area contributed by atoms with Crippen LogP contribution in [0.5, 0.6) is 0 Å². The number of hydrogen-bond donors (Lipinski definition) is 0. The molecule has 0 saturated heterocycles. The molecule has 1 aromatic heterocycles. The molecule has 1 heterocycles. The van der Waals surface area contributed by atoms with Crippen molar-refractivity contribution < 1.29 is 0 Å². The van der Waals surface area contributed by atoms with Gasteiger partial charge in [-0.1, -0.05) is 5.92 Å². The number of rotatable bonds is 1. The molecule has 0 atom stereocenters. The molecule has 0 spiro atoms. The third-order valence-corrected chi connectivity index (χ3v) is 1.62. The van der Waals surface area contributed by atoms with E-state index in [-0.39, 0.29) is 0 Å². The molecule has 0 unspecified atom stereocenters. The molecule has 1 aromatic rings. The van der Waals surface area contributed by atoms with Gasteiger partial charge in [-0.3, -0.25) is 0 Å². The van der Waals surface area contributed by atoms with E-state index >= 15 is 0 Å². The van der Waals surface area contributed by atoms with Crippen molar-refractivity contribution in [1.82, 2.24) is 0 Å². The predicted molar refractivity (Wildman–Crippen MR) is 42.2 cm³/mol. The Balaban J connectivity index is 2.71. The number of allylic oxidation sites excluding steroid dienone is 1. The van der Waals surface area contributed by atoms with E-state index in [2.05, 4.69) is 5.92 Å². The van der Waals surface area contributed by atoms with Crippen molar-refractivity contribution in [3.63, 3.8) is 0 Å². The van der Waals surface area contributed by atoms with Gasteiger partial charge in [-0.2, -0.15) is 11.3 Å². The van der Waals surface area contributed by atoms with Gasteiger partial charge in [-0.05, 0) is 34.5 Å². The maximum atomic E-state index is 5.01. The second kappa shape index (κ2) is 3.11. The van der Waals surface area contributed by atoms with Crippen molar-refractivity contribution in [2.45, 2.75) is 0 Å². The molecular weight excluding hydrogens is 128 g/mol. The zero-order valence-corrected chi connectivity index (χ0v) is 5.69. The summed E-state index contributed by atoms with van der Waals surface area (Å²) in [5, 5.41) is 4.07. The van der Waals surface area contributed by atoms with E-state index in [4.69, 9.17) is 6.42 Å². The molecule has 1 rings (SSSR count). The van der Waals surface area contributed by atoms with Crippen molar-refractivity contribution >= 4 is 17.4 Å². The van der Waals surface area contributed by atoms with Gasteiger partial charge in [0, 0.05) is 0 Å². The summed E-state index contributed by atoms with van der Waals surface area (Å²) in [6, 6.07) is 2.03. The molecular formula is C8H6S. The van der Waals surface area contributed by atoms with Crippen LogP contribution < -0.4 is 0 Å². The number of thiophene rings is 1. The number of hydrogen-bond acceptors (Lipinski definition) is 1. The third kappa shape index (κ3) is 1.75. The molecule has 0 aliphatic carbocycles. The topological polar surface area (TPSA) is 0 Å². The summed E-state index contributed by atoms with van der Waals surface area (Å²) in [5.74, 6) is 2.43. The van der Waals surface area contributed by atoms with Gasteiger partial charge in [-0.15, -0.1) is 6.42 Å². The van der Waals surface area contributed by atoms with Crippen molar-refractivity contribution in [2.24, 2.45) is 0 Å². The molecule has 0 N–H and O–H groups in total. The van der Waals surface area contributed by atoms with Gasteiger partial charge >= 0.3 is 0 Å². The fourth-order valence-corrected chi connectivity index (χ4v) is 1.14. The first kappa shape index (κ1) is 6.12. The molecule has 0 aliphatic heterocycles. The summed E-state index contributed by atoms with van der Waals surface area (Å²) in [6.07, 6.45) is 8.62. The van der Waals surface area contributed by atoms with E-state index in [1.165, 1.54) is 5.56 Å². The largest absolute Gasteiger partial charge is 0.152 e. The van der Waals surface area contributed by atoms with Crippen molar-refractivity contribution in [2.75, 3.05) is 0 Å². The highest BCUT2D eigenvalue weighted by Crippen LogP contribution is 2.06. The molecule has 0 fully saturated rings. The predicted octanol–water partition coefficient (Wildman–Crippen LogP) is 2.39. The summed E-state index contributed by atoms with van der Waals surface area (Å²) in [5.41, 5.74) is 1.18. The molecule has 0 aliphatic rings. The fraction of sp³-hybridized carbons (Fsp3) is 0. The average molecular weight is 134 g/mol. The van der Waals surface area contributed by atoms with Gasteiger partial charge in [0.05, 0.1) is 0 Å². The van der Waals surface area contributed by atoms with Crippen LogP contribution in [-0.2, 0) is 0 Å². The van der Waals surface area contributed by atoms with Crippen LogP contribution in [0.2, 0.25) is 0 Å². The lowest BCUT2D eigenvalue weighted by Gasteiger charge is -1.75. The Morgan fingerprint density at radius 2 is 2.56 bits per heavy atom. The van der Waals surface area contributed by atoms with Gasteiger partial charge in [0.1, 0.15) is 0 Å². The molecule has 9 heavy (non-hydrogen) atoms. The Morgan fingerprint density at radius 1 is 1.67 bits per heavy atom. The summed E-state index contributed by atoms with van der Waals surface area (Å²) < 4.78 is 0. The van der Waals surface area contributed by atoms with E-state index in [9.17, 15) is 0 Å². The lowest BCUT2D eigenvalue weighted by atomic mass is 10.3. The second-order valence-corrected chi connectivity index (χ2v) is 2.34. The smallest absolute Gasteiger partial charge is 0.00205 e. The van der Waals surface area contributed by atoms with Crippen LogP contribution in [0.3, 0.4) is 0 Å². The van der Waals surface area contributed by atoms with Gasteiger partial charge in [0.25, 0.3) is 0 Å². The Labute approximate surface area is 58.8 Å². The van der Waals surface area contributed by atoms with Crippen LogP contribution >= 0.6 is 11.3 Å². The summed E-state index contributed by atoms with van der Waals surface area (Å²) in [6.45, 7) is 0. The van der Waals surface area contributed by atoms with E-state index in [1.54, 1.807) is 17.4 Å². The van der Waals surface area contributed by atoms with Gasteiger partial charge in [-0.25, -0.2) is 0 Å². The third-order valence-electron chi connectivity index (χ3n) is 0.915. The maximum Gasteiger partial charge on any atom is -0.00205 e. The minimum Gasteiger partial charge on any atom is -0.152 e. The first-order valence-electron chi connectivity index (χ1n) is 2.58. The van der Waals surface area contributed by atoms with Crippen molar-refractivity contribution in [3.05, 3.63) is 28.5 Å². The molecule has 0 aromatic carbocycles. The molecule has 44 valence electrons. The molecule has 0 bridgehead atoms. The van der Waals surface area contributed by atoms with Gasteiger partial charge < -0.3 is 0 Å². The van der Waals surface area contributed by atoms with Crippen LogP contribution in [0.4, 0.5) is 0 Å². The maximum absolute atomic E-state index is 5.01. The van der Waals surface area contributed by atoms with Crippen LogP contribution in [0.1, 0.15) is 5.56 Å². The van der Waals surface area contributed by atoms with Crippen molar-refractivity contribution in [3.8, 4) is 12.3 Å². The fourth-order valence-electron chi connectivity index (χ4n) is 0.514. The lowest BCUT2D eigenvalue weighted by molar-refractivity contribution is 1.88. The Morgan fingerprint density at radius 3 is 3.11 bits per heavy atom. The van der Waals surface area contributed by atoms with Crippen LogP contribution in [0, 0.1) is 12.3 Å². The standard InChI is InChI=1S/C8H6S/c1-2-3-4-8-5-6-9-7-8/h1,3-7H/b4-3-. The van der Waals surface area contributed by atoms with E-state index in [0.717, 1.165) is 0 Å².